The standard InChI is InChI=1S/C14H13N5/c1-3-19-12-5-4-10(7-15)6-11(12)17-14(19)13-8-16-9-18(13)2/h4-6,8-9H,3H2,1-2H3. The van der Waals surface area contributed by atoms with Crippen LogP contribution < -0.4 is 0 Å². The predicted molar refractivity (Wildman–Crippen MR) is 72.3 cm³/mol. The molecule has 0 spiro atoms. The summed E-state index contributed by atoms with van der Waals surface area (Å²) in [5, 5.41) is 8.96. The lowest BCUT2D eigenvalue weighted by Gasteiger charge is -2.05. The van der Waals surface area contributed by atoms with Crippen LogP contribution in [0.1, 0.15) is 12.5 Å². The van der Waals surface area contributed by atoms with Crippen LogP contribution in [0.4, 0.5) is 0 Å². The van der Waals surface area contributed by atoms with Crippen LogP contribution >= 0.6 is 0 Å². The second-order valence-electron chi connectivity index (χ2n) is 4.38. The third-order valence-corrected chi connectivity index (χ3v) is 3.24. The Labute approximate surface area is 110 Å². The van der Waals surface area contributed by atoms with Crippen LogP contribution in [0.15, 0.2) is 30.7 Å². The summed E-state index contributed by atoms with van der Waals surface area (Å²) < 4.78 is 4.08. The molecule has 0 fully saturated rings. The average molecular weight is 251 g/mol. The summed E-state index contributed by atoms with van der Waals surface area (Å²) in [5.74, 6) is 0.882. The molecule has 5 heteroatoms. The zero-order valence-electron chi connectivity index (χ0n) is 10.8. The van der Waals surface area contributed by atoms with Gasteiger partial charge < -0.3 is 9.13 Å². The molecule has 0 aliphatic heterocycles. The van der Waals surface area contributed by atoms with E-state index in [1.54, 1.807) is 12.5 Å². The third-order valence-electron chi connectivity index (χ3n) is 3.24. The van der Waals surface area contributed by atoms with Crippen molar-refractivity contribution in [3.8, 4) is 17.6 Å². The van der Waals surface area contributed by atoms with E-state index in [9.17, 15) is 0 Å². The van der Waals surface area contributed by atoms with Crippen LogP contribution in [0.5, 0.6) is 0 Å². The highest BCUT2D eigenvalue weighted by Crippen LogP contribution is 2.24. The summed E-state index contributed by atoms with van der Waals surface area (Å²) in [4.78, 5) is 8.78. The maximum Gasteiger partial charge on any atom is 0.159 e. The number of fused-ring (bicyclic) bond motifs is 1. The van der Waals surface area contributed by atoms with Crippen LogP contribution in [-0.2, 0) is 13.6 Å². The molecule has 1 aromatic carbocycles. The van der Waals surface area contributed by atoms with Crippen molar-refractivity contribution in [2.45, 2.75) is 13.5 Å². The quantitative estimate of drug-likeness (QED) is 0.702. The molecule has 0 saturated carbocycles. The molecular weight excluding hydrogens is 238 g/mol. The van der Waals surface area contributed by atoms with Crippen LogP contribution in [0.2, 0.25) is 0 Å². The fourth-order valence-electron chi connectivity index (χ4n) is 2.29. The number of rotatable bonds is 2. The van der Waals surface area contributed by atoms with Crippen LogP contribution in [0, 0.1) is 11.3 Å². The Balaban J connectivity index is 2.31. The van der Waals surface area contributed by atoms with E-state index in [1.165, 1.54) is 0 Å². The minimum atomic E-state index is 0.629. The van der Waals surface area contributed by atoms with Crippen molar-refractivity contribution < 1.29 is 0 Å². The molecule has 5 nitrogen and oxygen atoms in total. The van der Waals surface area contributed by atoms with Crippen molar-refractivity contribution in [3.05, 3.63) is 36.3 Å². The van der Waals surface area contributed by atoms with Gasteiger partial charge in [-0.15, -0.1) is 0 Å². The Morgan fingerprint density at radius 2 is 2.21 bits per heavy atom. The van der Waals surface area contributed by atoms with Gasteiger partial charge in [0.15, 0.2) is 5.82 Å². The lowest BCUT2D eigenvalue weighted by atomic mass is 10.2. The van der Waals surface area contributed by atoms with Crippen molar-refractivity contribution in [2.75, 3.05) is 0 Å². The summed E-state index contributed by atoms with van der Waals surface area (Å²) in [6, 6.07) is 7.74. The van der Waals surface area contributed by atoms with E-state index in [4.69, 9.17) is 5.26 Å². The van der Waals surface area contributed by atoms with E-state index in [2.05, 4.69) is 27.5 Å². The lowest BCUT2D eigenvalue weighted by Crippen LogP contribution is -2.00. The van der Waals surface area contributed by atoms with Crippen LogP contribution in [-0.4, -0.2) is 19.1 Å². The SMILES string of the molecule is CCn1c(-c2cncn2C)nc2cc(C#N)ccc21. The van der Waals surface area contributed by atoms with Crippen molar-refractivity contribution >= 4 is 11.0 Å². The smallest absolute Gasteiger partial charge is 0.159 e. The molecule has 0 N–H and O–H groups in total. The summed E-state index contributed by atoms with van der Waals surface area (Å²) in [7, 11) is 1.95. The third kappa shape index (κ3) is 1.69. The first-order valence-electron chi connectivity index (χ1n) is 6.11. The first-order valence-corrected chi connectivity index (χ1v) is 6.11. The van der Waals surface area contributed by atoms with Crippen LogP contribution in [0.25, 0.3) is 22.6 Å². The van der Waals surface area contributed by atoms with E-state index >= 15 is 0 Å². The van der Waals surface area contributed by atoms with E-state index in [-0.39, 0.29) is 0 Å². The molecule has 0 amide bonds. The minimum Gasteiger partial charge on any atom is -0.331 e. The maximum atomic E-state index is 8.96. The Hall–Kier alpha value is -2.61. The largest absolute Gasteiger partial charge is 0.331 e. The zero-order valence-corrected chi connectivity index (χ0v) is 10.8. The molecule has 0 radical (unpaired) electrons. The molecule has 94 valence electrons. The van der Waals surface area contributed by atoms with E-state index in [1.807, 2.05) is 29.8 Å². The molecule has 0 aliphatic carbocycles. The van der Waals surface area contributed by atoms with Gasteiger partial charge in [-0.05, 0) is 25.1 Å². The summed E-state index contributed by atoms with van der Waals surface area (Å²) >= 11 is 0. The van der Waals surface area contributed by atoms with Crippen molar-refractivity contribution in [1.29, 1.82) is 5.26 Å². The number of nitriles is 1. The number of benzene rings is 1. The zero-order chi connectivity index (χ0) is 13.4. The summed E-state index contributed by atoms with van der Waals surface area (Å²) in [6.07, 6.45) is 3.56. The Morgan fingerprint density at radius 1 is 1.37 bits per heavy atom. The van der Waals surface area contributed by atoms with E-state index < -0.39 is 0 Å². The molecule has 3 rings (SSSR count). The maximum absolute atomic E-state index is 8.96. The molecular formula is C14H13N5. The summed E-state index contributed by atoms with van der Waals surface area (Å²) in [6.45, 7) is 2.90. The lowest BCUT2D eigenvalue weighted by molar-refractivity contribution is 0.783. The molecule has 0 saturated heterocycles. The van der Waals surface area contributed by atoms with Gasteiger partial charge in [0.05, 0.1) is 35.2 Å². The normalized spacial score (nSPS) is 10.8. The van der Waals surface area contributed by atoms with Crippen molar-refractivity contribution in [1.82, 2.24) is 19.1 Å². The highest BCUT2D eigenvalue weighted by Gasteiger charge is 2.14. The Bertz CT molecular complexity index is 788. The van der Waals surface area contributed by atoms with Crippen LogP contribution in [0.3, 0.4) is 0 Å². The van der Waals surface area contributed by atoms with Gasteiger partial charge in [-0.25, -0.2) is 9.97 Å². The molecule has 2 heterocycles. The van der Waals surface area contributed by atoms with Gasteiger partial charge in [-0.3, -0.25) is 0 Å². The molecule has 0 bridgehead atoms. The van der Waals surface area contributed by atoms with E-state index in [0.29, 0.717) is 5.56 Å². The highest BCUT2D eigenvalue weighted by molar-refractivity contribution is 5.81. The number of nitrogens with zero attached hydrogens (tertiary/aromatic N) is 5. The number of imidazole rings is 2. The van der Waals surface area contributed by atoms with Gasteiger partial charge in [0, 0.05) is 13.6 Å². The highest BCUT2D eigenvalue weighted by atomic mass is 15.1. The van der Waals surface area contributed by atoms with Gasteiger partial charge >= 0.3 is 0 Å². The second-order valence-corrected chi connectivity index (χ2v) is 4.38. The first-order chi connectivity index (χ1) is 9.24. The first kappa shape index (κ1) is 11.5. The summed E-state index contributed by atoms with van der Waals surface area (Å²) in [5.41, 5.74) is 3.48. The van der Waals surface area contributed by atoms with Gasteiger partial charge in [-0.1, -0.05) is 0 Å². The molecule has 0 unspecified atom stereocenters. The van der Waals surface area contributed by atoms with Gasteiger partial charge in [-0.2, -0.15) is 5.26 Å². The van der Waals surface area contributed by atoms with E-state index in [0.717, 1.165) is 29.1 Å². The van der Waals surface area contributed by atoms with Crippen molar-refractivity contribution in [2.24, 2.45) is 7.05 Å². The fraction of sp³-hybridized carbons (Fsp3) is 0.214. The van der Waals surface area contributed by atoms with Gasteiger partial charge in [0.1, 0.15) is 5.69 Å². The number of aryl methyl sites for hydroxylation is 2. The topological polar surface area (TPSA) is 59.4 Å². The van der Waals surface area contributed by atoms with Gasteiger partial charge in [0.25, 0.3) is 0 Å². The van der Waals surface area contributed by atoms with Gasteiger partial charge in [0.2, 0.25) is 0 Å². The second kappa shape index (κ2) is 4.25. The monoisotopic (exact) mass is 251 g/mol. The molecule has 3 aromatic rings. The Kier molecular flexibility index (Phi) is 2.57. The average Bonchev–Trinajstić information content (AvgIpc) is 3.00. The number of hydrogen-bond acceptors (Lipinski definition) is 3. The predicted octanol–water partition coefficient (Wildman–Crippen LogP) is 2.33. The molecule has 2 aromatic heterocycles. The Morgan fingerprint density at radius 3 is 2.84 bits per heavy atom. The molecule has 0 atom stereocenters. The molecule has 0 aliphatic rings. The number of aromatic nitrogens is 4. The number of hydrogen-bond donors (Lipinski definition) is 0. The molecule has 19 heavy (non-hydrogen) atoms. The fourth-order valence-corrected chi connectivity index (χ4v) is 2.29. The minimum absolute atomic E-state index is 0.629. The van der Waals surface area contributed by atoms with Crippen molar-refractivity contribution in [3.63, 3.8) is 0 Å².